The number of carbonyl (C=O) groups is 1. The molecule has 5 nitrogen and oxygen atoms in total. The Morgan fingerprint density at radius 2 is 2.00 bits per heavy atom. The first kappa shape index (κ1) is 16.1. The number of benzene rings is 2. The van der Waals surface area contributed by atoms with Crippen molar-refractivity contribution in [2.45, 2.75) is 13.3 Å². The van der Waals surface area contributed by atoms with Crippen molar-refractivity contribution in [3.63, 3.8) is 0 Å². The second-order valence-corrected chi connectivity index (χ2v) is 5.94. The second kappa shape index (κ2) is 7.23. The van der Waals surface area contributed by atoms with E-state index in [1.165, 1.54) is 5.56 Å². The summed E-state index contributed by atoms with van der Waals surface area (Å²) in [6.07, 6.45) is 0.965. The Kier molecular flexibility index (Phi) is 4.86. The molecule has 1 N–H and O–H groups in total. The topological polar surface area (TPSA) is 64.1 Å². The molecule has 0 aliphatic heterocycles. The fourth-order valence-corrected chi connectivity index (χ4v) is 2.89. The van der Waals surface area contributed by atoms with E-state index in [9.17, 15) is 4.79 Å². The number of nitrogens with zero attached hydrogens (tertiary/aromatic N) is 2. The molecule has 0 bridgehead atoms. The van der Waals surface area contributed by atoms with Gasteiger partial charge in [0.1, 0.15) is 16.3 Å². The lowest BCUT2D eigenvalue weighted by Gasteiger charge is -2.06. The number of aryl methyl sites for hydroxylation is 1. The number of hydrogen-bond donors (Lipinski definition) is 1. The number of nitrogens with one attached hydrogen (secondary N) is 1. The summed E-state index contributed by atoms with van der Waals surface area (Å²) in [5.41, 5.74) is 3.34. The number of carbonyl (C=O) groups excluding carboxylic acids is 1. The van der Waals surface area contributed by atoms with E-state index >= 15 is 0 Å². The fraction of sp³-hybridized carbons (Fsp3) is 0.167. The molecule has 1 aromatic heterocycles. The highest BCUT2D eigenvalue weighted by Gasteiger charge is 2.18. The van der Waals surface area contributed by atoms with Gasteiger partial charge in [-0.3, -0.25) is 4.79 Å². The van der Waals surface area contributed by atoms with E-state index in [1.807, 2.05) is 48.5 Å². The normalized spacial score (nSPS) is 10.4. The molecule has 0 unspecified atom stereocenters. The molecule has 0 radical (unpaired) electrons. The first-order chi connectivity index (χ1) is 11.7. The number of aromatic nitrogens is 2. The summed E-state index contributed by atoms with van der Waals surface area (Å²) in [6.45, 7) is 2.09. The number of amides is 1. The summed E-state index contributed by atoms with van der Waals surface area (Å²) in [5.74, 6) is 0.495. The van der Waals surface area contributed by atoms with Gasteiger partial charge in [-0.2, -0.15) is 0 Å². The maximum absolute atomic E-state index is 12.6. The lowest BCUT2D eigenvalue weighted by atomic mass is 10.1. The molecule has 24 heavy (non-hydrogen) atoms. The van der Waals surface area contributed by atoms with Gasteiger partial charge in [0, 0.05) is 11.3 Å². The molecule has 0 saturated heterocycles. The number of rotatable bonds is 5. The lowest BCUT2D eigenvalue weighted by Crippen LogP contribution is -2.11. The van der Waals surface area contributed by atoms with Crippen LogP contribution in [-0.2, 0) is 6.42 Å². The molecule has 3 rings (SSSR count). The van der Waals surface area contributed by atoms with E-state index in [-0.39, 0.29) is 5.91 Å². The van der Waals surface area contributed by atoms with Crippen molar-refractivity contribution in [1.29, 1.82) is 0 Å². The molecular weight excluding hydrogens is 322 g/mol. The van der Waals surface area contributed by atoms with E-state index in [2.05, 4.69) is 21.8 Å². The van der Waals surface area contributed by atoms with Crippen LogP contribution >= 0.6 is 11.5 Å². The van der Waals surface area contributed by atoms with Crippen molar-refractivity contribution < 1.29 is 9.53 Å². The first-order valence-corrected chi connectivity index (χ1v) is 8.35. The van der Waals surface area contributed by atoms with E-state index in [1.54, 1.807) is 7.11 Å². The van der Waals surface area contributed by atoms with Gasteiger partial charge in [-0.15, -0.1) is 5.10 Å². The monoisotopic (exact) mass is 339 g/mol. The maximum atomic E-state index is 12.6. The molecule has 1 heterocycles. The van der Waals surface area contributed by atoms with Gasteiger partial charge in [-0.25, -0.2) is 0 Å². The van der Waals surface area contributed by atoms with E-state index in [4.69, 9.17) is 4.74 Å². The smallest absolute Gasteiger partial charge is 0.269 e. The minimum Gasteiger partial charge on any atom is -0.497 e. The van der Waals surface area contributed by atoms with E-state index in [0.717, 1.165) is 29.2 Å². The van der Waals surface area contributed by atoms with Crippen LogP contribution in [0.15, 0.2) is 48.5 Å². The molecule has 0 atom stereocenters. The molecule has 0 spiro atoms. The van der Waals surface area contributed by atoms with Gasteiger partial charge in [0.25, 0.3) is 5.91 Å². The molecule has 0 fully saturated rings. The molecule has 2 aromatic carbocycles. The largest absolute Gasteiger partial charge is 0.497 e. The van der Waals surface area contributed by atoms with Crippen LogP contribution in [0.4, 0.5) is 5.69 Å². The highest BCUT2D eigenvalue weighted by molar-refractivity contribution is 7.08. The van der Waals surface area contributed by atoms with Gasteiger partial charge in [-0.1, -0.05) is 35.7 Å². The second-order valence-electron chi connectivity index (χ2n) is 5.19. The van der Waals surface area contributed by atoms with Gasteiger partial charge in [0.2, 0.25) is 0 Å². The molecule has 0 aliphatic rings. The van der Waals surface area contributed by atoms with Crippen LogP contribution in [-0.4, -0.2) is 22.6 Å². The Balaban J connectivity index is 1.84. The number of hydrogen-bond acceptors (Lipinski definition) is 5. The highest BCUT2D eigenvalue weighted by Crippen LogP contribution is 2.27. The highest BCUT2D eigenvalue weighted by atomic mass is 32.1. The Bertz CT molecular complexity index is 843. The minimum absolute atomic E-state index is 0.216. The van der Waals surface area contributed by atoms with Crippen molar-refractivity contribution in [2.24, 2.45) is 0 Å². The van der Waals surface area contributed by atoms with Gasteiger partial charge in [0.15, 0.2) is 0 Å². The lowest BCUT2D eigenvalue weighted by molar-refractivity contribution is 0.103. The van der Waals surface area contributed by atoms with E-state index in [0.29, 0.717) is 16.3 Å². The number of ether oxygens (including phenoxy) is 1. The van der Waals surface area contributed by atoms with Crippen LogP contribution in [0, 0.1) is 0 Å². The van der Waals surface area contributed by atoms with Gasteiger partial charge >= 0.3 is 0 Å². The van der Waals surface area contributed by atoms with Crippen molar-refractivity contribution >= 4 is 23.1 Å². The zero-order valence-electron chi connectivity index (χ0n) is 13.4. The standard InChI is InChI=1S/C18H17N3O2S/c1-3-12-7-9-14(10-8-12)19-18(22)17-16(20-21-24-17)13-5-4-6-15(11-13)23-2/h4-11H,3H2,1-2H3,(H,19,22). The van der Waals surface area contributed by atoms with Crippen molar-refractivity contribution in [2.75, 3.05) is 12.4 Å². The Morgan fingerprint density at radius 3 is 2.71 bits per heavy atom. The fourth-order valence-electron chi connectivity index (χ4n) is 2.31. The van der Waals surface area contributed by atoms with Crippen LogP contribution in [0.1, 0.15) is 22.2 Å². The third-order valence-electron chi connectivity index (χ3n) is 3.66. The average molecular weight is 339 g/mol. The zero-order chi connectivity index (χ0) is 16.9. The average Bonchev–Trinajstić information content (AvgIpc) is 3.12. The summed E-state index contributed by atoms with van der Waals surface area (Å²) >= 11 is 1.08. The zero-order valence-corrected chi connectivity index (χ0v) is 14.3. The molecular formula is C18H17N3O2S. The minimum atomic E-state index is -0.216. The van der Waals surface area contributed by atoms with Crippen molar-refractivity contribution in [3.05, 3.63) is 59.0 Å². The SMILES string of the molecule is CCc1ccc(NC(=O)c2snnc2-c2cccc(OC)c2)cc1. The Hall–Kier alpha value is -2.73. The molecule has 0 saturated carbocycles. The van der Waals surface area contributed by atoms with E-state index < -0.39 is 0 Å². The predicted molar refractivity (Wildman–Crippen MR) is 95.7 cm³/mol. The van der Waals surface area contributed by atoms with Crippen LogP contribution in [0.25, 0.3) is 11.3 Å². The van der Waals surface area contributed by atoms with Gasteiger partial charge < -0.3 is 10.1 Å². The summed E-state index contributed by atoms with van der Waals surface area (Å²) < 4.78 is 9.16. The Morgan fingerprint density at radius 1 is 1.21 bits per heavy atom. The molecule has 0 aliphatic carbocycles. The molecule has 3 aromatic rings. The molecule has 6 heteroatoms. The number of anilines is 1. The maximum Gasteiger partial charge on any atom is 0.269 e. The number of methoxy groups -OCH3 is 1. The van der Waals surface area contributed by atoms with Gasteiger partial charge in [0.05, 0.1) is 7.11 Å². The van der Waals surface area contributed by atoms with Crippen LogP contribution in [0.5, 0.6) is 5.75 Å². The van der Waals surface area contributed by atoms with Crippen LogP contribution in [0.2, 0.25) is 0 Å². The quantitative estimate of drug-likeness (QED) is 0.762. The summed E-state index contributed by atoms with van der Waals surface area (Å²) in [7, 11) is 1.60. The predicted octanol–water partition coefficient (Wildman–Crippen LogP) is 4.03. The third kappa shape index (κ3) is 3.44. The van der Waals surface area contributed by atoms with Gasteiger partial charge in [-0.05, 0) is 47.8 Å². The van der Waals surface area contributed by atoms with Crippen LogP contribution in [0.3, 0.4) is 0 Å². The van der Waals surface area contributed by atoms with Crippen molar-refractivity contribution in [3.8, 4) is 17.0 Å². The van der Waals surface area contributed by atoms with Crippen LogP contribution < -0.4 is 10.1 Å². The summed E-state index contributed by atoms with van der Waals surface area (Å²) in [6, 6.07) is 15.2. The third-order valence-corrected chi connectivity index (χ3v) is 4.38. The summed E-state index contributed by atoms with van der Waals surface area (Å²) in [5, 5.41) is 7.00. The Labute approximate surface area is 144 Å². The molecule has 1 amide bonds. The first-order valence-electron chi connectivity index (χ1n) is 7.58. The summed E-state index contributed by atoms with van der Waals surface area (Å²) in [4.78, 5) is 13.0. The van der Waals surface area contributed by atoms with Crippen molar-refractivity contribution in [1.82, 2.24) is 9.59 Å². The molecule has 122 valence electrons.